The maximum atomic E-state index is 12.3. The number of amides is 1. The largest absolute Gasteiger partial charge is 0.339 e. The van der Waals surface area contributed by atoms with Crippen molar-refractivity contribution in [2.24, 2.45) is 0 Å². The van der Waals surface area contributed by atoms with Gasteiger partial charge >= 0.3 is 0 Å². The van der Waals surface area contributed by atoms with Crippen LogP contribution in [0, 0.1) is 13.8 Å². The summed E-state index contributed by atoms with van der Waals surface area (Å²) in [7, 11) is 0. The molecule has 0 N–H and O–H groups in total. The van der Waals surface area contributed by atoms with Crippen LogP contribution in [0.25, 0.3) is 5.82 Å². The van der Waals surface area contributed by atoms with Crippen LogP contribution in [0.1, 0.15) is 11.4 Å². The Hall–Kier alpha value is -2.09. The van der Waals surface area contributed by atoms with Crippen LogP contribution in [0.5, 0.6) is 0 Å². The number of hydrogen-bond donors (Lipinski definition) is 0. The topological polar surface area (TPSA) is 73.0 Å². The quantitative estimate of drug-likeness (QED) is 0.823. The third-order valence-electron chi connectivity index (χ3n) is 3.73. The molecule has 3 rings (SSSR count). The van der Waals surface area contributed by atoms with Crippen LogP contribution in [0.15, 0.2) is 23.0 Å². The predicted molar refractivity (Wildman–Crippen MR) is 89.0 cm³/mol. The molecule has 1 aliphatic heterocycles. The molecule has 1 amide bonds. The number of carbonyl (C=O) groups excluding carboxylic acids is 1. The van der Waals surface area contributed by atoms with E-state index in [0.29, 0.717) is 5.82 Å². The normalized spacial score (nSPS) is 15.0. The summed E-state index contributed by atoms with van der Waals surface area (Å²) >= 11 is 1.84. The zero-order valence-electron chi connectivity index (χ0n) is 13.2. The van der Waals surface area contributed by atoms with E-state index in [9.17, 15) is 9.59 Å². The summed E-state index contributed by atoms with van der Waals surface area (Å²) in [6.45, 7) is 5.26. The lowest BCUT2D eigenvalue weighted by molar-refractivity contribution is -0.131. The third-order valence-corrected chi connectivity index (χ3v) is 4.67. The van der Waals surface area contributed by atoms with E-state index in [2.05, 4.69) is 10.2 Å². The molecular formula is C15H19N5O2S. The molecule has 7 nitrogen and oxygen atoms in total. The smallest absolute Gasteiger partial charge is 0.267 e. The fourth-order valence-corrected chi connectivity index (χ4v) is 3.47. The van der Waals surface area contributed by atoms with Crippen molar-refractivity contribution in [3.05, 3.63) is 39.9 Å². The van der Waals surface area contributed by atoms with Crippen molar-refractivity contribution < 1.29 is 4.79 Å². The van der Waals surface area contributed by atoms with E-state index in [-0.39, 0.29) is 18.0 Å². The van der Waals surface area contributed by atoms with Crippen molar-refractivity contribution >= 4 is 17.7 Å². The Morgan fingerprint density at radius 3 is 2.61 bits per heavy atom. The first kappa shape index (κ1) is 15.8. The van der Waals surface area contributed by atoms with Gasteiger partial charge in [0.2, 0.25) is 5.91 Å². The van der Waals surface area contributed by atoms with E-state index in [1.165, 1.54) is 10.7 Å². The van der Waals surface area contributed by atoms with Crippen molar-refractivity contribution in [1.29, 1.82) is 0 Å². The molecule has 122 valence electrons. The predicted octanol–water partition coefficient (Wildman–Crippen LogP) is 0.621. The summed E-state index contributed by atoms with van der Waals surface area (Å²) in [6.07, 6.45) is 0. The molecular weight excluding hydrogens is 314 g/mol. The molecule has 0 atom stereocenters. The minimum atomic E-state index is -0.282. The first-order chi connectivity index (χ1) is 11.0. The average Bonchev–Trinajstić information content (AvgIpc) is 2.89. The van der Waals surface area contributed by atoms with E-state index >= 15 is 0 Å². The van der Waals surface area contributed by atoms with Gasteiger partial charge in [-0.1, -0.05) is 0 Å². The number of nitrogens with zero attached hydrogens (tertiary/aromatic N) is 5. The third kappa shape index (κ3) is 3.47. The summed E-state index contributed by atoms with van der Waals surface area (Å²) in [5.41, 5.74) is 1.53. The molecule has 23 heavy (non-hydrogen) atoms. The average molecular weight is 333 g/mol. The first-order valence-electron chi connectivity index (χ1n) is 7.52. The zero-order valence-corrected chi connectivity index (χ0v) is 14.0. The van der Waals surface area contributed by atoms with Crippen molar-refractivity contribution in [3.63, 3.8) is 0 Å². The fraction of sp³-hybridized carbons (Fsp3) is 0.467. The van der Waals surface area contributed by atoms with Crippen molar-refractivity contribution in [1.82, 2.24) is 24.5 Å². The SMILES string of the molecule is Cc1cc(C)n(-c2ccc(=O)n(CC(=O)N3CCSCC3)n2)n1. The van der Waals surface area contributed by atoms with Crippen LogP contribution in [0.3, 0.4) is 0 Å². The van der Waals surface area contributed by atoms with Gasteiger partial charge in [-0.05, 0) is 26.0 Å². The minimum Gasteiger partial charge on any atom is -0.339 e. The molecule has 0 radical (unpaired) electrons. The Kier molecular flexibility index (Phi) is 4.51. The summed E-state index contributed by atoms with van der Waals surface area (Å²) in [6, 6.07) is 4.99. The summed E-state index contributed by atoms with van der Waals surface area (Å²) in [5, 5.41) is 8.66. The molecule has 8 heteroatoms. The molecule has 0 unspecified atom stereocenters. The molecule has 0 saturated carbocycles. The van der Waals surface area contributed by atoms with E-state index in [1.54, 1.807) is 15.6 Å². The molecule has 1 saturated heterocycles. The van der Waals surface area contributed by atoms with Gasteiger partial charge in [0.1, 0.15) is 6.54 Å². The van der Waals surface area contributed by atoms with Gasteiger partial charge in [-0.2, -0.15) is 16.9 Å². The molecule has 1 aliphatic rings. The molecule has 0 bridgehead atoms. The highest BCUT2D eigenvalue weighted by molar-refractivity contribution is 7.99. The van der Waals surface area contributed by atoms with E-state index in [0.717, 1.165) is 36.0 Å². The van der Waals surface area contributed by atoms with Crippen LogP contribution < -0.4 is 5.56 Å². The van der Waals surface area contributed by atoms with Gasteiger partial charge in [-0.3, -0.25) is 9.59 Å². The Morgan fingerprint density at radius 2 is 1.96 bits per heavy atom. The van der Waals surface area contributed by atoms with Gasteiger partial charge in [0.05, 0.1) is 5.69 Å². The zero-order chi connectivity index (χ0) is 16.4. The van der Waals surface area contributed by atoms with Crippen LogP contribution >= 0.6 is 11.8 Å². The standard InChI is InChI=1S/C15H19N5O2S/c1-11-9-12(2)20(16-11)13-3-4-14(21)19(17-13)10-15(22)18-5-7-23-8-6-18/h3-4,9H,5-8,10H2,1-2H3. The summed E-state index contributed by atoms with van der Waals surface area (Å²) in [4.78, 5) is 26.1. The summed E-state index contributed by atoms with van der Waals surface area (Å²) < 4.78 is 2.89. The van der Waals surface area contributed by atoms with E-state index in [4.69, 9.17) is 0 Å². The highest BCUT2D eigenvalue weighted by Gasteiger charge is 2.18. The number of hydrogen-bond acceptors (Lipinski definition) is 5. The number of carbonyl (C=O) groups is 1. The maximum absolute atomic E-state index is 12.3. The van der Waals surface area contributed by atoms with Crippen molar-refractivity contribution in [3.8, 4) is 5.82 Å². The van der Waals surface area contributed by atoms with Gasteiger partial charge < -0.3 is 4.90 Å². The van der Waals surface area contributed by atoms with E-state index < -0.39 is 0 Å². The number of rotatable bonds is 3. The Balaban J connectivity index is 1.84. The lowest BCUT2D eigenvalue weighted by atomic mass is 10.4. The van der Waals surface area contributed by atoms with Crippen LogP contribution in [-0.4, -0.2) is 55.0 Å². The lowest BCUT2D eigenvalue weighted by Crippen LogP contribution is -2.41. The Morgan fingerprint density at radius 1 is 1.22 bits per heavy atom. The highest BCUT2D eigenvalue weighted by Crippen LogP contribution is 2.10. The second-order valence-electron chi connectivity index (χ2n) is 5.52. The Labute approximate surface area is 138 Å². The van der Waals surface area contributed by atoms with Gasteiger partial charge in [0.25, 0.3) is 5.56 Å². The van der Waals surface area contributed by atoms with Gasteiger partial charge in [0, 0.05) is 36.4 Å². The number of aromatic nitrogens is 4. The monoisotopic (exact) mass is 333 g/mol. The Bertz CT molecular complexity index is 776. The number of thioether (sulfide) groups is 1. The summed E-state index contributed by atoms with van der Waals surface area (Å²) in [5.74, 6) is 2.36. The fourth-order valence-electron chi connectivity index (χ4n) is 2.57. The van der Waals surface area contributed by atoms with Crippen molar-refractivity contribution in [2.45, 2.75) is 20.4 Å². The first-order valence-corrected chi connectivity index (χ1v) is 8.67. The molecule has 2 aromatic heterocycles. The molecule has 0 spiro atoms. The van der Waals surface area contributed by atoms with Crippen molar-refractivity contribution in [2.75, 3.05) is 24.6 Å². The van der Waals surface area contributed by atoms with Crippen LogP contribution in [-0.2, 0) is 11.3 Å². The van der Waals surface area contributed by atoms with Gasteiger partial charge in [-0.15, -0.1) is 5.10 Å². The molecule has 0 aromatic carbocycles. The van der Waals surface area contributed by atoms with Gasteiger partial charge in [0.15, 0.2) is 5.82 Å². The molecule has 2 aromatic rings. The molecule has 3 heterocycles. The van der Waals surface area contributed by atoms with Crippen LogP contribution in [0.4, 0.5) is 0 Å². The lowest BCUT2D eigenvalue weighted by Gasteiger charge is -2.26. The highest BCUT2D eigenvalue weighted by atomic mass is 32.2. The minimum absolute atomic E-state index is 0.0311. The molecule has 0 aliphatic carbocycles. The van der Waals surface area contributed by atoms with Crippen LogP contribution in [0.2, 0.25) is 0 Å². The second kappa shape index (κ2) is 6.57. The maximum Gasteiger partial charge on any atom is 0.267 e. The molecule has 1 fully saturated rings. The van der Waals surface area contributed by atoms with E-state index in [1.807, 2.05) is 31.7 Å². The van der Waals surface area contributed by atoms with Gasteiger partial charge in [-0.25, -0.2) is 9.36 Å². The second-order valence-corrected chi connectivity index (χ2v) is 6.74. The number of aryl methyl sites for hydroxylation is 2.